The topological polar surface area (TPSA) is 74.8 Å². The van der Waals surface area contributed by atoms with Gasteiger partial charge in [-0.05, 0) is 45.7 Å². The molecule has 1 aromatic rings. The van der Waals surface area contributed by atoms with Crippen molar-refractivity contribution >= 4 is 17.7 Å². The lowest BCUT2D eigenvalue weighted by Crippen LogP contribution is -2.46. The fourth-order valence-corrected chi connectivity index (χ4v) is 2.98. The van der Waals surface area contributed by atoms with E-state index in [-0.39, 0.29) is 18.0 Å². The quantitative estimate of drug-likeness (QED) is 0.854. The smallest absolute Gasteiger partial charge is 0.409 e. The molecule has 0 saturated carbocycles. The molecule has 0 radical (unpaired) electrons. The van der Waals surface area contributed by atoms with Gasteiger partial charge in [-0.3, -0.25) is 4.79 Å². The zero-order chi connectivity index (χ0) is 18.2. The molecule has 2 rings (SSSR count). The Kier molecular flexibility index (Phi) is 7.03. The molecule has 2 amide bonds. The van der Waals surface area contributed by atoms with Crippen molar-refractivity contribution in [2.24, 2.45) is 0 Å². The van der Waals surface area contributed by atoms with E-state index in [0.29, 0.717) is 25.4 Å². The van der Waals surface area contributed by atoms with Crippen molar-refractivity contribution in [3.63, 3.8) is 0 Å². The maximum atomic E-state index is 12.4. The molecule has 138 valence electrons. The number of rotatable bonds is 6. The first-order chi connectivity index (χ1) is 12.1. The van der Waals surface area contributed by atoms with E-state index in [2.05, 4.69) is 29.0 Å². The highest BCUT2D eigenvalue weighted by molar-refractivity contribution is 5.92. The number of piperidine rings is 1. The number of amides is 2. The number of hydrogen-bond donors (Lipinski definition) is 1. The molecule has 7 heteroatoms. The minimum Gasteiger partial charge on any atom is -0.450 e. The highest BCUT2D eigenvalue weighted by atomic mass is 16.6. The Morgan fingerprint density at radius 1 is 1.24 bits per heavy atom. The third-order valence-corrected chi connectivity index (χ3v) is 4.47. The second-order valence-corrected chi connectivity index (χ2v) is 6.01. The van der Waals surface area contributed by atoms with Crippen LogP contribution in [0.3, 0.4) is 0 Å². The van der Waals surface area contributed by atoms with Crippen LogP contribution in [-0.4, -0.2) is 60.7 Å². The van der Waals surface area contributed by atoms with Crippen LogP contribution in [-0.2, 0) is 4.74 Å². The van der Waals surface area contributed by atoms with Crippen LogP contribution in [0.15, 0.2) is 18.3 Å². The molecule has 0 atom stereocenters. The molecule has 1 aromatic heterocycles. The van der Waals surface area contributed by atoms with Crippen LogP contribution in [0.5, 0.6) is 0 Å². The molecule has 0 bridgehead atoms. The van der Waals surface area contributed by atoms with Crippen LogP contribution < -0.4 is 10.2 Å². The standard InChI is InChI=1S/C18H28N4O3/c1-4-21(5-2)15-7-8-16(19-13-15)17(23)20-14-9-11-22(12-10-14)18(24)25-6-3/h7-8,13-14H,4-6,9-12H2,1-3H3,(H,20,23). The highest BCUT2D eigenvalue weighted by Gasteiger charge is 2.25. The molecule has 2 heterocycles. The van der Waals surface area contributed by atoms with Crippen molar-refractivity contribution in [2.75, 3.05) is 37.7 Å². The van der Waals surface area contributed by atoms with Crippen LogP contribution >= 0.6 is 0 Å². The van der Waals surface area contributed by atoms with Crippen LogP contribution in [0.25, 0.3) is 0 Å². The Morgan fingerprint density at radius 3 is 2.44 bits per heavy atom. The summed E-state index contributed by atoms with van der Waals surface area (Å²) >= 11 is 0. The molecule has 25 heavy (non-hydrogen) atoms. The number of anilines is 1. The van der Waals surface area contributed by atoms with Crippen molar-refractivity contribution in [1.29, 1.82) is 0 Å². The Hall–Kier alpha value is -2.31. The summed E-state index contributed by atoms with van der Waals surface area (Å²) < 4.78 is 5.00. The highest BCUT2D eigenvalue weighted by Crippen LogP contribution is 2.14. The molecule has 1 aliphatic rings. The van der Waals surface area contributed by atoms with Gasteiger partial charge in [0.05, 0.1) is 18.5 Å². The molecular formula is C18H28N4O3. The fraction of sp³-hybridized carbons (Fsp3) is 0.611. The van der Waals surface area contributed by atoms with Crippen LogP contribution in [0, 0.1) is 0 Å². The first-order valence-corrected chi connectivity index (χ1v) is 9.02. The van der Waals surface area contributed by atoms with Crippen LogP contribution in [0.2, 0.25) is 0 Å². The van der Waals surface area contributed by atoms with E-state index in [9.17, 15) is 9.59 Å². The third kappa shape index (κ3) is 5.08. The molecule has 1 saturated heterocycles. The van der Waals surface area contributed by atoms with Gasteiger partial charge in [0.25, 0.3) is 5.91 Å². The number of pyridine rings is 1. The average molecular weight is 348 g/mol. The Labute approximate surface area is 149 Å². The van der Waals surface area contributed by atoms with Gasteiger partial charge in [0.1, 0.15) is 5.69 Å². The number of carbonyl (C=O) groups is 2. The van der Waals surface area contributed by atoms with Crippen LogP contribution in [0.1, 0.15) is 44.1 Å². The van der Waals surface area contributed by atoms with E-state index in [1.807, 2.05) is 6.07 Å². The van der Waals surface area contributed by atoms with Gasteiger partial charge in [0, 0.05) is 32.2 Å². The van der Waals surface area contributed by atoms with Gasteiger partial charge >= 0.3 is 6.09 Å². The SMILES string of the molecule is CCOC(=O)N1CCC(NC(=O)c2ccc(N(CC)CC)cn2)CC1. The van der Waals surface area contributed by atoms with Gasteiger partial charge in [-0.1, -0.05) is 0 Å². The first-order valence-electron chi connectivity index (χ1n) is 9.02. The largest absolute Gasteiger partial charge is 0.450 e. The molecule has 1 aliphatic heterocycles. The van der Waals surface area contributed by atoms with E-state index in [1.165, 1.54) is 0 Å². The summed E-state index contributed by atoms with van der Waals surface area (Å²) in [5.41, 5.74) is 1.44. The number of nitrogens with zero attached hydrogens (tertiary/aromatic N) is 3. The number of carbonyl (C=O) groups excluding carboxylic acids is 2. The monoisotopic (exact) mass is 348 g/mol. The van der Waals surface area contributed by atoms with Gasteiger partial charge < -0.3 is 19.9 Å². The molecule has 0 unspecified atom stereocenters. The van der Waals surface area contributed by atoms with E-state index in [1.54, 1.807) is 24.1 Å². The van der Waals surface area contributed by atoms with E-state index >= 15 is 0 Å². The summed E-state index contributed by atoms with van der Waals surface area (Å²) in [5, 5.41) is 3.01. The maximum absolute atomic E-state index is 12.4. The lowest BCUT2D eigenvalue weighted by Gasteiger charge is -2.31. The second-order valence-electron chi connectivity index (χ2n) is 6.01. The fourth-order valence-electron chi connectivity index (χ4n) is 2.98. The van der Waals surface area contributed by atoms with Gasteiger partial charge in [0.2, 0.25) is 0 Å². The normalized spacial score (nSPS) is 14.9. The van der Waals surface area contributed by atoms with Crippen molar-refractivity contribution in [3.8, 4) is 0 Å². The molecular weight excluding hydrogens is 320 g/mol. The number of aromatic nitrogens is 1. The molecule has 0 aromatic carbocycles. The minimum atomic E-state index is -0.277. The Balaban J connectivity index is 1.85. The Morgan fingerprint density at radius 2 is 1.92 bits per heavy atom. The maximum Gasteiger partial charge on any atom is 0.409 e. The average Bonchev–Trinajstić information content (AvgIpc) is 2.64. The number of nitrogens with one attached hydrogen (secondary N) is 1. The lowest BCUT2D eigenvalue weighted by atomic mass is 10.1. The number of likely N-dealkylation sites (tertiary alicyclic amines) is 1. The number of hydrogen-bond acceptors (Lipinski definition) is 5. The lowest BCUT2D eigenvalue weighted by molar-refractivity contribution is 0.0856. The van der Waals surface area contributed by atoms with Crippen molar-refractivity contribution in [2.45, 2.75) is 39.7 Å². The van der Waals surface area contributed by atoms with E-state index < -0.39 is 0 Å². The zero-order valence-corrected chi connectivity index (χ0v) is 15.3. The zero-order valence-electron chi connectivity index (χ0n) is 15.3. The van der Waals surface area contributed by atoms with Gasteiger partial charge in [-0.25, -0.2) is 9.78 Å². The molecule has 0 aliphatic carbocycles. The van der Waals surface area contributed by atoms with Crippen molar-refractivity contribution in [1.82, 2.24) is 15.2 Å². The van der Waals surface area contributed by atoms with Gasteiger partial charge in [-0.2, -0.15) is 0 Å². The third-order valence-electron chi connectivity index (χ3n) is 4.47. The minimum absolute atomic E-state index is 0.0578. The summed E-state index contributed by atoms with van der Waals surface area (Å²) in [4.78, 5) is 32.2. The van der Waals surface area contributed by atoms with Crippen LogP contribution in [0.4, 0.5) is 10.5 Å². The van der Waals surface area contributed by atoms with Gasteiger partial charge in [0.15, 0.2) is 0 Å². The summed E-state index contributed by atoms with van der Waals surface area (Å²) in [6.45, 7) is 9.36. The second kappa shape index (κ2) is 9.25. The number of ether oxygens (including phenoxy) is 1. The molecule has 1 fully saturated rings. The van der Waals surface area contributed by atoms with Crippen molar-refractivity contribution in [3.05, 3.63) is 24.0 Å². The van der Waals surface area contributed by atoms with Crippen molar-refractivity contribution < 1.29 is 14.3 Å². The summed E-state index contributed by atoms with van der Waals surface area (Å²) in [7, 11) is 0. The molecule has 7 nitrogen and oxygen atoms in total. The molecule has 0 spiro atoms. The summed E-state index contributed by atoms with van der Waals surface area (Å²) in [6, 6.07) is 3.75. The first kappa shape index (κ1) is 19.0. The van der Waals surface area contributed by atoms with Gasteiger partial charge in [-0.15, -0.1) is 0 Å². The van der Waals surface area contributed by atoms with E-state index in [4.69, 9.17) is 4.74 Å². The predicted octanol–water partition coefficient (Wildman–Crippen LogP) is 2.28. The van der Waals surface area contributed by atoms with E-state index in [0.717, 1.165) is 31.6 Å². The predicted molar refractivity (Wildman–Crippen MR) is 96.9 cm³/mol. The molecule has 1 N–H and O–H groups in total. The summed E-state index contributed by atoms with van der Waals surface area (Å²) in [5.74, 6) is -0.166. The summed E-state index contributed by atoms with van der Waals surface area (Å²) in [6.07, 6.45) is 2.91. The Bertz CT molecular complexity index is 564.